The molecule has 0 fully saturated rings. The summed E-state index contributed by atoms with van der Waals surface area (Å²) in [7, 11) is 4.60. The van der Waals surface area contributed by atoms with Gasteiger partial charge < -0.3 is 29.0 Å². The summed E-state index contributed by atoms with van der Waals surface area (Å²) in [4.78, 5) is 38.7. The lowest BCUT2D eigenvalue weighted by Gasteiger charge is -2.36. The summed E-state index contributed by atoms with van der Waals surface area (Å²) in [5.74, 6) is -0.505. The Morgan fingerprint density at radius 3 is 2.28 bits per heavy atom. The van der Waals surface area contributed by atoms with Gasteiger partial charge in [-0.15, -0.1) is 0 Å². The zero-order valence-electron chi connectivity index (χ0n) is 22.8. The minimum Gasteiger partial charge on any atom is -0.497 e. The van der Waals surface area contributed by atoms with E-state index >= 15 is 0 Å². The maximum Gasteiger partial charge on any atom is 0.336 e. The van der Waals surface area contributed by atoms with Crippen molar-refractivity contribution >= 4 is 17.7 Å². The van der Waals surface area contributed by atoms with E-state index in [-0.39, 0.29) is 37.1 Å². The molecule has 2 aromatic carbocycles. The molecule has 1 N–H and O–H groups in total. The van der Waals surface area contributed by atoms with Gasteiger partial charge in [-0.25, -0.2) is 4.79 Å². The monoisotopic (exact) mass is 535 g/mol. The summed E-state index contributed by atoms with van der Waals surface area (Å²) in [5, 5.41) is 3.34. The maximum absolute atomic E-state index is 13.8. The Labute approximate surface area is 227 Å². The molecule has 2 atom stereocenters. The minimum atomic E-state index is -0.694. The molecular weight excluding hydrogens is 502 g/mol. The zero-order valence-corrected chi connectivity index (χ0v) is 22.8. The van der Waals surface area contributed by atoms with E-state index in [2.05, 4.69) is 5.32 Å². The Balaban J connectivity index is 1.77. The number of methoxy groups -OCH3 is 3. The van der Waals surface area contributed by atoms with Gasteiger partial charge in [0, 0.05) is 43.3 Å². The fourth-order valence-corrected chi connectivity index (χ4v) is 5.15. The van der Waals surface area contributed by atoms with Gasteiger partial charge in [-0.3, -0.25) is 9.59 Å². The van der Waals surface area contributed by atoms with Crippen LogP contribution in [0, 0.1) is 0 Å². The van der Waals surface area contributed by atoms with Crippen molar-refractivity contribution in [3.05, 3.63) is 76.1 Å². The van der Waals surface area contributed by atoms with E-state index in [4.69, 9.17) is 23.7 Å². The molecule has 0 spiro atoms. The van der Waals surface area contributed by atoms with Gasteiger partial charge >= 0.3 is 11.9 Å². The van der Waals surface area contributed by atoms with Crippen LogP contribution in [0.2, 0.25) is 0 Å². The van der Waals surface area contributed by atoms with E-state index < -0.39 is 17.9 Å². The van der Waals surface area contributed by atoms with Crippen molar-refractivity contribution in [3.63, 3.8) is 0 Å². The van der Waals surface area contributed by atoms with Gasteiger partial charge in [0.1, 0.15) is 12.4 Å². The van der Waals surface area contributed by atoms with Gasteiger partial charge in [0.15, 0.2) is 17.3 Å². The highest BCUT2D eigenvalue weighted by Gasteiger charge is 2.41. The molecule has 4 rings (SSSR count). The number of hydrogen-bond acceptors (Lipinski definition) is 9. The number of Topliss-reactive ketones (excluding diaryl/α,β-unsaturated/α-hetero) is 1. The first-order chi connectivity index (χ1) is 18.8. The molecule has 0 aromatic heterocycles. The highest BCUT2D eigenvalue weighted by Crippen LogP contribution is 2.47. The van der Waals surface area contributed by atoms with E-state index in [1.807, 2.05) is 24.3 Å². The second kappa shape index (κ2) is 12.2. The van der Waals surface area contributed by atoms with Gasteiger partial charge in [0.2, 0.25) is 0 Å². The van der Waals surface area contributed by atoms with Gasteiger partial charge in [-0.05, 0) is 54.7 Å². The lowest BCUT2D eigenvalue weighted by atomic mass is 9.71. The van der Waals surface area contributed by atoms with Crippen LogP contribution in [0.25, 0.3) is 0 Å². The molecule has 1 aliphatic heterocycles. The molecule has 9 heteroatoms. The molecule has 0 saturated heterocycles. The highest BCUT2D eigenvalue weighted by atomic mass is 16.6. The van der Waals surface area contributed by atoms with Crippen LogP contribution in [0.15, 0.2) is 65.0 Å². The third-order valence-electron chi connectivity index (χ3n) is 6.93. The van der Waals surface area contributed by atoms with Crippen molar-refractivity contribution in [1.82, 2.24) is 5.32 Å². The van der Waals surface area contributed by atoms with E-state index in [1.54, 1.807) is 32.2 Å². The van der Waals surface area contributed by atoms with Crippen LogP contribution in [0.4, 0.5) is 0 Å². The van der Waals surface area contributed by atoms with Crippen LogP contribution in [-0.2, 0) is 23.9 Å². The van der Waals surface area contributed by atoms with Crippen LogP contribution >= 0.6 is 0 Å². The van der Waals surface area contributed by atoms with Gasteiger partial charge in [0.05, 0.1) is 26.4 Å². The normalized spacial score (nSPS) is 18.7. The molecule has 0 bridgehead atoms. The molecular formula is C30H33NO8. The van der Waals surface area contributed by atoms with Gasteiger partial charge in [0.25, 0.3) is 0 Å². The Hall–Kier alpha value is -4.11. The molecule has 0 amide bonds. The van der Waals surface area contributed by atoms with Crippen LogP contribution < -0.4 is 19.5 Å². The molecule has 2 aliphatic rings. The number of esters is 2. The molecule has 1 heterocycles. The SMILES string of the molecule is COCCOC(=O)C1=C(C)NC2=C(C(=O)C[C@@H](c3ccc(OC)cc3)C2)[C@@H]1c1ccc(OC(C)=O)c(OC)c1. The number of nitrogens with one attached hydrogen (secondary N) is 1. The average molecular weight is 536 g/mol. The summed E-state index contributed by atoms with van der Waals surface area (Å²) in [6, 6.07) is 12.8. The third-order valence-corrected chi connectivity index (χ3v) is 6.93. The summed E-state index contributed by atoms with van der Waals surface area (Å²) in [6.07, 6.45) is 0.882. The number of carbonyl (C=O) groups is 3. The van der Waals surface area contributed by atoms with Crippen LogP contribution in [0.3, 0.4) is 0 Å². The first kappa shape index (κ1) is 27.9. The van der Waals surface area contributed by atoms with E-state index in [1.165, 1.54) is 21.1 Å². The molecule has 0 unspecified atom stereocenters. The number of dihydropyridines is 1. The Bertz CT molecular complexity index is 1320. The van der Waals surface area contributed by atoms with Crippen molar-refractivity contribution in [2.24, 2.45) is 0 Å². The van der Waals surface area contributed by atoms with Crippen molar-refractivity contribution in [2.45, 2.75) is 38.5 Å². The van der Waals surface area contributed by atoms with Crippen molar-refractivity contribution in [2.75, 3.05) is 34.5 Å². The molecule has 39 heavy (non-hydrogen) atoms. The first-order valence-electron chi connectivity index (χ1n) is 12.7. The Morgan fingerprint density at radius 2 is 1.64 bits per heavy atom. The molecule has 1 aliphatic carbocycles. The second-order valence-electron chi connectivity index (χ2n) is 9.42. The lowest BCUT2D eigenvalue weighted by molar-refractivity contribution is -0.140. The Kier molecular flexibility index (Phi) is 8.71. The number of rotatable bonds is 9. The standard InChI is InChI=1S/C30H33NO8/c1-17-27(30(34)38-13-12-35-3)28(20-8-11-25(39-18(2)32)26(16-20)37-5)29-23(31-17)14-21(15-24(29)33)19-6-9-22(36-4)10-7-19/h6-11,16,21,28,31H,12-15H2,1-5H3/t21-,28+/m0/s1. The number of ether oxygens (including phenoxy) is 5. The minimum absolute atomic E-state index is 0.0285. The van der Waals surface area contributed by atoms with Crippen LogP contribution in [-0.4, -0.2) is 52.3 Å². The highest BCUT2D eigenvalue weighted by molar-refractivity contribution is 6.04. The van der Waals surface area contributed by atoms with Gasteiger partial charge in [-0.2, -0.15) is 0 Å². The summed E-state index contributed by atoms with van der Waals surface area (Å²) >= 11 is 0. The quantitative estimate of drug-likeness (QED) is 0.287. The van der Waals surface area contributed by atoms with Crippen molar-refractivity contribution < 1.29 is 38.1 Å². The molecule has 0 saturated carbocycles. The predicted octanol–water partition coefficient (Wildman–Crippen LogP) is 4.18. The molecule has 2 aromatic rings. The fraction of sp³-hybridized carbons (Fsp3) is 0.367. The molecule has 206 valence electrons. The van der Waals surface area contributed by atoms with Crippen molar-refractivity contribution in [1.29, 1.82) is 0 Å². The molecule has 0 radical (unpaired) electrons. The number of carbonyl (C=O) groups excluding carboxylic acids is 3. The molecule has 9 nitrogen and oxygen atoms in total. The summed E-state index contributed by atoms with van der Waals surface area (Å²) in [6.45, 7) is 3.43. The van der Waals surface area contributed by atoms with Crippen LogP contribution in [0.1, 0.15) is 49.7 Å². The largest absolute Gasteiger partial charge is 0.497 e. The zero-order chi connectivity index (χ0) is 28.1. The van der Waals surface area contributed by atoms with E-state index in [9.17, 15) is 14.4 Å². The van der Waals surface area contributed by atoms with Gasteiger partial charge in [-0.1, -0.05) is 18.2 Å². The van der Waals surface area contributed by atoms with E-state index in [0.29, 0.717) is 34.6 Å². The summed E-state index contributed by atoms with van der Waals surface area (Å²) in [5.41, 5.74) is 3.91. The topological polar surface area (TPSA) is 109 Å². The predicted molar refractivity (Wildman–Crippen MR) is 143 cm³/mol. The lowest BCUT2D eigenvalue weighted by Crippen LogP contribution is -2.36. The smallest absolute Gasteiger partial charge is 0.336 e. The van der Waals surface area contributed by atoms with E-state index in [0.717, 1.165) is 17.0 Å². The third kappa shape index (κ3) is 5.98. The average Bonchev–Trinajstić information content (AvgIpc) is 2.92. The number of ketones is 1. The van der Waals surface area contributed by atoms with Crippen molar-refractivity contribution in [3.8, 4) is 17.2 Å². The van der Waals surface area contributed by atoms with Crippen LogP contribution in [0.5, 0.6) is 17.2 Å². The summed E-state index contributed by atoms with van der Waals surface area (Å²) < 4.78 is 26.5. The Morgan fingerprint density at radius 1 is 0.923 bits per heavy atom. The number of allylic oxidation sites excluding steroid dienone is 3. The second-order valence-corrected chi connectivity index (χ2v) is 9.42. The number of hydrogen-bond donors (Lipinski definition) is 1. The fourth-order valence-electron chi connectivity index (χ4n) is 5.15. The maximum atomic E-state index is 13.8. The number of benzene rings is 2. The first-order valence-corrected chi connectivity index (χ1v) is 12.7.